The molecule has 2 N–H and O–H groups in total. The number of amides is 1. The Balaban J connectivity index is 2.53. The van der Waals surface area contributed by atoms with Crippen molar-refractivity contribution < 1.29 is 9.90 Å². The van der Waals surface area contributed by atoms with Crippen LogP contribution < -0.4 is 10.2 Å². The number of anilines is 1. The van der Waals surface area contributed by atoms with Gasteiger partial charge in [-0.25, -0.2) is 0 Å². The second-order valence-electron chi connectivity index (χ2n) is 5.32. The van der Waals surface area contributed by atoms with E-state index in [1.807, 2.05) is 36.2 Å². The molecule has 1 amide bonds. The largest absolute Gasteiger partial charge is 0.389 e. The number of nitrogens with zero attached hydrogens (tertiary/aromatic N) is 1. The lowest BCUT2D eigenvalue weighted by atomic mass is 10.1. The Hall–Kier alpha value is -1.55. The second-order valence-corrected chi connectivity index (χ2v) is 5.32. The lowest BCUT2D eigenvalue weighted by Gasteiger charge is -2.19. The smallest absolute Gasteiger partial charge is 0.239 e. The first kappa shape index (κ1) is 15.5. The first-order valence-electron chi connectivity index (χ1n) is 6.66. The highest BCUT2D eigenvalue weighted by Gasteiger charge is 2.08. The van der Waals surface area contributed by atoms with E-state index in [1.54, 1.807) is 6.92 Å². The summed E-state index contributed by atoms with van der Waals surface area (Å²) in [7, 11) is 1.88. The molecule has 0 aliphatic heterocycles. The van der Waals surface area contributed by atoms with Gasteiger partial charge in [-0.2, -0.15) is 0 Å². The Morgan fingerprint density at radius 2 is 1.84 bits per heavy atom. The predicted octanol–water partition coefficient (Wildman–Crippen LogP) is 1.95. The summed E-state index contributed by atoms with van der Waals surface area (Å²) in [6.45, 7) is 6.91. The van der Waals surface area contributed by atoms with Crippen molar-refractivity contribution in [1.29, 1.82) is 0 Å². The van der Waals surface area contributed by atoms with Gasteiger partial charge < -0.3 is 15.3 Å². The van der Waals surface area contributed by atoms with Gasteiger partial charge >= 0.3 is 0 Å². The molecule has 1 aromatic carbocycles. The van der Waals surface area contributed by atoms with Gasteiger partial charge in [0.25, 0.3) is 0 Å². The van der Waals surface area contributed by atoms with Crippen molar-refractivity contribution in [1.82, 2.24) is 5.32 Å². The molecule has 4 heteroatoms. The van der Waals surface area contributed by atoms with E-state index >= 15 is 0 Å². The Labute approximate surface area is 115 Å². The fourth-order valence-electron chi connectivity index (χ4n) is 1.69. The number of nitrogens with one attached hydrogen (secondary N) is 1. The maximum atomic E-state index is 11.7. The summed E-state index contributed by atoms with van der Waals surface area (Å²) < 4.78 is 0. The number of hydrogen-bond acceptors (Lipinski definition) is 3. The first-order chi connectivity index (χ1) is 8.90. The van der Waals surface area contributed by atoms with Gasteiger partial charge in [-0.3, -0.25) is 4.79 Å². The van der Waals surface area contributed by atoms with Crippen LogP contribution in [0.3, 0.4) is 0 Å². The second kappa shape index (κ2) is 7.14. The average molecular weight is 264 g/mol. The third kappa shape index (κ3) is 5.30. The van der Waals surface area contributed by atoms with Crippen molar-refractivity contribution in [3.05, 3.63) is 29.8 Å². The van der Waals surface area contributed by atoms with Crippen LogP contribution >= 0.6 is 0 Å². The summed E-state index contributed by atoms with van der Waals surface area (Å²) in [5.41, 5.74) is 1.84. The zero-order valence-corrected chi connectivity index (χ0v) is 12.2. The number of benzene rings is 1. The first-order valence-corrected chi connectivity index (χ1v) is 6.66. The minimum atomic E-state index is -0.464. The number of hydrogen-bond donors (Lipinski definition) is 2. The van der Waals surface area contributed by atoms with E-state index in [2.05, 4.69) is 19.2 Å². The van der Waals surface area contributed by atoms with Gasteiger partial charge in [0.2, 0.25) is 5.91 Å². The number of rotatable bonds is 6. The van der Waals surface area contributed by atoms with Crippen LogP contribution in [-0.4, -0.2) is 31.2 Å². The topological polar surface area (TPSA) is 52.6 Å². The molecule has 0 fully saturated rings. The van der Waals surface area contributed by atoms with Crippen molar-refractivity contribution in [2.45, 2.75) is 26.9 Å². The summed E-state index contributed by atoms with van der Waals surface area (Å²) in [5, 5.41) is 12.3. The molecule has 0 aliphatic carbocycles. The Morgan fingerprint density at radius 3 is 2.32 bits per heavy atom. The summed E-state index contributed by atoms with van der Waals surface area (Å²) in [6, 6.07) is 7.58. The van der Waals surface area contributed by atoms with Crippen LogP contribution in [0.4, 0.5) is 5.69 Å². The molecule has 1 rings (SSSR count). The molecule has 0 unspecified atom stereocenters. The molecule has 19 heavy (non-hydrogen) atoms. The molecular weight excluding hydrogens is 240 g/mol. The molecule has 0 aliphatic rings. The van der Waals surface area contributed by atoms with Gasteiger partial charge in [-0.15, -0.1) is 0 Å². The third-order valence-corrected chi connectivity index (χ3v) is 2.90. The molecule has 1 atom stereocenters. The number of aliphatic hydroxyl groups is 1. The average Bonchev–Trinajstić information content (AvgIpc) is 2.36. The molecule has 1 aromatic rings. The van der Waals surface area contributed by atoms with Crippen molar-refractivity contribution in [2.75, 3.05) is 25.0 Å². The normalized spacial score (nSPS) is 12.3. The van der Waals surface area contributed by atoms with Gasteiger partial charge in [0.15, 0.2) is 0 Å². The highest BCUT2D eigenvalue weighted by molar-refractivity contribution is 5.81. The number of aliphatic hydroxyl groups excluding tert-OH is 1. The molecule has 0 spiro atoms. The van der Waals surface area contributed by atoms with Crippen LogP contribution in [0.15, 0.2) is 24.3 Å². The van der Waals surface area contributed by atoms with E-state index in [0.29, 0.717) is 19.0 Å². The van der Waals surface area contributed by atoms with E-state index in [1.165, 1.54) is 0 Å². The summed E-state index contributed by atoms with van der Waals surface area (Å²) in [5.74, 6) is 0.482. The van der Waals surface area contributed by atoms with Crippen molar-refractivity contribution >= 4 is 11.6 Å². The predicted molar refractivity (Wildman–Crippen MR) is 78.2 cm³/mol. The lowest BCUT2D eigenvalue weighted by molar-refractivity contribution is -0.119. The van der Waals surface area contributed by atoms with Crippen LogP contribution in [0, 0.1) is 5.92 Å². The maximum absolute atomic E-state index is 11.7. The molecule has 0 saturated heterocycles. The standard InChI is InChI=1S/C15H24N2O2/c1-11(2)9-16-15(19)10-17(4)14-7-5-13(6-8-14)12(3)18/h5-8,11-12,18H,9-10H2,1-4H3,(H,16,19)/t12-/m1/s1. The van der Waals surface area contributed by atoms with E-state index < -0.39 is 6.10 Å². The quantitative estimate of drug-likeness (QED) is 0.825. The van der Waals surface area contributed by atoms with Crippen LogP contribution in [0.25, 0.3) is 0 Å². The monoisotopic (exact) mass is 264 g/mol. The number of carbonyl (C=O) groups is 1. The molecule has 106 valence electrons. The van der Waals surface area contributed by atoms with Crippen LogP contribution in [0.1, 0.15) is 32.4 Å². The van der Waals surface area contributed by atoms with E-state index in [4.69, 9.17) is 0 Å². The van der Waals surface area contributed by atoms with Gasteiger partial charge in [0, 0.05) is 19.3 Å². The molecule has 0 aromatic heterocycles. The fourth-order valence-corrected chi connectivity index (χ4v) is 1.69. The van der Waals surface area contributed by atoms with Gasteiger partial charge in [0.05, 0.1) is 12.6 Å². The van der Waals surface area contributed by atoms with Crippen molar-refractivity contribution in [3.8, 4) is 0 Å². The number of likely N-dealkylation sites (N-methyl/N-ethyl adjacent to an activating group) is 1. The van der Waals surface area contributed by atoms with Crippen LogP contribution in [0.5, 0.6) is 0 Å². The van der Waals surface area contributed by atoms with Crippen LogP contribution in [0.2, 0.25) is 0 Å². The fraction of sp³-hybridized carbons (Fsp3) is 0.533. The van der Waals surface area contributed by atoms with Crippen LogP contribution in [-0.2, 0) is 4.79 Å². The van der Waals surface area contributed by atoms with Gasteiger partial charge in [-0.1, -0.05) is 26.0 Å². The Morgan fingerprint density at radius 1 is 1.26 bits per heavy atom. The summed E-state index contributed by atoms with van der Waals surface area (Å²) in [6.07, 6.45) is -0.464. The van der Waals surface area contributed by atoms with E-state index in [9.17, 15) is 9.90 Å². The highest BCUT2D eigenvalue weighted by Crippen LogP contribution is 2.17. The Bertz CT molecular complexity index is 399. The maximum Gasteiger partial charge on any atom is 0.239 e. The summed E-state index contributed by atoms with van der Waals surface area (Å²) >= 11 is 0. The van der Waals surface area contributed by atoms with Crippen molar-refractivity contribution in [2.24, 2.45) is 5.92 Å². The molecule has 0 radical (unpaired) electrons. The SMILES string of the molecule is CC(C)CNC(=O)CN(C)c1ccc([C@@H](C)O)cc1. The highest BCUT2D eigenvalue weighted by atomic mass is 16.3. The lowest BCUT2D eigenvalue weighted by Crippen LogP contribution is -2.36. The third-order valence-electron chi connectivity index (χ3n) is 2.90. The molecule has 4 nitrogen and oxygen atoms in total. The van der Waals surface area contributed by atoms with Gasteiger partial charge in [0.1, 0.15) is 0 Å². The molecule has 0 heterocycles. The van der Waals surface area contributed by atoms with Crippen molar-refractivity contribution in [3.63, 3.8) is 0 Å². The summed E-state index contributed by atoms with van der Waals surface area (Å²) in [4.78, 5) is 13.6. The molecule has 0 saturated carbocycles. The zero-order valence-electron chi connectivity index (χ0n) is 12.2. The zero-order chi connectivity index (χ0) is 14.4. The van der Waals surface area contributed by atoms with E-state index in [0.717, 1.165) is 11.3 Å². The van der Waals surface area contributed by atoms with E-state index in [-0.39, 0.29) is 5.91 Å². The molecule has 0 bridgehead atoms. The molecular formula is C15H24N2O2. The Kier molecular flexibility index (Phi) is 5.83. The van der Waals surface area contributed by atoms with Gasteiger partial charge in [-0.05, 0) is 30.5 Å². The minimum absolute atomic E-state index is 0.0239. The minimum Gasteiger partial charge on any atom is -0.389 e. The number of carbonyl (C=O) groups excluding carboxylic acids is 1.